The van der Waals surface area contributed by atoms with Crippen molar-refractivity contribution in [1.82, 2.24) is 0 Å². The molecular weight excluding hydrogens is 817 g/mol. The van der Waals surface area contributed by atoms with E-state index >= 15 is 0 Å². The van der Waals surface area contributed by atoms with E-state index in [1.165, 1.54) is 193 Å². The van der Waals surface area contributed by atoms with Crippen molar-refractivity contribution in [1.29, 1.82) is 0 Å². The highest BCUT2D eigenvalue weighted by Gasteiger charge is 2.19. The van der Waals surface area contributed by atoms with Crippen LogP contribution in [0.1, 0.15) is 310 Å². The number of hydrogen-bond donors (Lipinski definition) is 0. The monoisotopic (exact) mass is 927 g/mol. The molecule has 0 heterocycles. The van der Waals surface area contributed by atoms with Crippen molar-refractivity contribution in [2.24, 2.45) is 0 Å². The van der Waals surface area contributed by atoms with Gasteiger partial charge in [-0.2, -0.15) is 0 Å². The lowest BCUT2D eigenvalue weighted by Crippen LogP contribution is -2.30. The minimum Gasteiger partial charge on any atom is -0.462 e. The van der Waals surface area contributed by atoms with Gasteiger partial charge < -0.3 is 14.2 Å². The van der Waals surface area contributed by atoms with Gasteiger partial charge >= 0.3 is 17.9 Å². The van der Waals surface area contributed by atoms with Crippen LogP contribution in [0, 0.1) is 0 Å². The first-order chi connectivity index (χ1) is 32.5. The largest absolute Gasteiger partial charge is 0.462 e. The Bertz CT molecular complexity index is 1110. The van der Waals surface area contributed by atoms with Crippen molar-refractivity contribution >= 4 is 17.9 Å². The smallest absolute Gasteiger partial charge is 0.306 e. The lowest BCUT2D eigenvalue weighted by Gasteiger charge is -2.18. The first kappa shape index (κ1) is 63.6. The lowest BCUT2D eigenvalue weighted by atomic mass is 10.1. The molecule has 0 radical (unpaired) electrons. The summed E-state index contributed by atoms with van der Waals surface area (Å²) in [4.78, 5) is 38.1. The van der Waals surface area contributed by atoms with E-state index in [0.717, 1.165) is 77.0 Å². The maximum atomic E-state index is 12.8. The molecule has 0 saturated heterocycles. The highest BCUT2D eigenvalue weighted by molar-refractivity contribution is 5.71. The second-order valence-corrected chi connectivity index (χ2v) is 19.5. The Morgan fingerprint density at radius 2 is 0.500 bits per heavy atom. The molecule has 1 unspecified atom stereocenters. The van der Waals surface area contributed by atoms with E-state index in [-0.39, 0.29) is 31.1 Å². The van der Waals surface area contributed by atoms with E-state index in [1.807, 2.05) is 0 Å². The van der Waals surface area contributed by atoms with Crippen LogP contribution in [-0.2, 0) is 28.6 Å². The number of carbonyl (C=O) groups excluding carboxylic acids is 3. The SMILES string of the molecule is CCCCCCCC/C=C\CCCCCCCC(=O)OCC(COC(=O)CCCCCCC/C=C\CCCCCCCCCCC)OC(=O)CCCCCCC/C=C\CCCCCCCC. The third-order valence-corrected chi connectivity index (χ3v) is 12.8. The van der Waals surface area contributed by atoms with E-state index in [0.29, 0.717) is 19.3 Å². The zero-order valence-electron chi connectivity index (χ0n) is 44.2. The summed E-state index contributed by atoms with van der Waals surface area (Å²) in [6, 6.07) is 0. The second kappa shape index (κ2) is 55.2. The maximum Gasteiger partial charge on any atom is 0.306 e. The summed E-state index contributed by atoms with van der Waals surface area (Å²) in [5.74, 6) is -0.890. The van der Waals surface area contributed by atoms with Gasteiger partial charge in [-0.3, -0.25) is 14.4 Å². The molecular formula is C60H110O6. The quantitative estimate of drug-likeness (QED) is 0.0262. The Hall–Kier alpha value is -2.37. The minimum atomic E-state index is -0.781. The predicted octanol–water partition coefficient (Wildman–Crippen LogP) is 19.3. The van der Waals surface area contributed by atoms with Gasteiger partial charge in [0.05, 0.1) is 0 Å². The topological polar surface area (TPSA) is 78.9 Å². The standard InChI is InChI=1S/C60H110O6/c1-4-7-10-13-16-19-22-25-28-29-30-33-35-38-41-44-47-50-53-59(62)65-56-57(66-60(63)54-51-48-45-42-39-36-32-27-24-21-18-15-12-9-6-3)55-64-58(61)52-49-46-43-40-37-34-31-26-23-20-17-14-11-8-5-2/h26-27,30-33,57H,4-25,28-29,34-56H2,1-3H3/b31-26-,32-27-,33-30-. The molecule has 0 bridgehead atoms. The second-order valence-electron chi connectivity index (χ2n) is 19.5. The van der Waals surface area contributed by atoms with Gasteiger partial charge in [-0.25, -0.2) is 0 Å². The first-order valence-corrected chi connectivity index (χ1v) is 29.0. The van der Waals surface area contributed by atoms with Gasteiger partial charge in [0.15, 0.2) is 6.10 Å². The summed E-state index contributed by atoms with van der Waals surface area (Å²) in [5, 5.41) is 0. The normalized spacial score (nSPS) is 12.2. The van der Waals surface area contributed by atoms with E-state index in [9.17, 15) is 14.4 Å². The fourth-order valence-electron chi connectivity index (χ4n) is 8.43. The van der Waals surface area contributed by atoms with Crippen LogP contribution in [0.2, 0.25) is 0 Å². The van der Waals surface area contributed by atoms with Crippen LogP contribution in [0.3, 0.4) is 0 Å². The van der Waals surface area contributed by atoms with E-state index < -0.39 is 6.10 Å². The van der Waals surface area contributed by atoms with Crippen molar-refractivity contribution in [3.05, 3.63) is 36.5 Å². The Morgan fingerprint density at radius 1 is 0.288 bits per heavy atom. The number of rotatable bonds is 53. The number of unbranched alkanes of at least 4 members (excludes halogenated alkanes) is 36. The van der Waals surface area contributed by atoms with E-state index in [2.05, 4.69) is 57.2 Å². The maximum absolute atomic E-state index is 12.8. The van der Waals surface area contributed by atoms with Gasteiger partial charge in [-0.1, -0.05) is 231 Å². The summed E-state index contributed by atoms with van der Waals surface area (Å²) in [5.41, 5.74) is 0. The Labute approximate surface area is 410 Å². The molecule has 0 spiro atoms. The average Bonchev–Trinajstić information content (AvgIpc) is 3.31. The van der Waals surface area contributed by atoms with Gasteiger partial charge in [0.2, 0.25) is 0 Å². The summed E-state index contributed by atoms with van der Waals surface area (Å²) >= 11 is 0. The summed E-state index contributed by atoms with van der Waals surface area (Å²) < 4.78 is 16.9. The molecule has 0 fully saturated rings. The molecule has 6 heteroatoms. The number of hydrogen-bond acceptors (Lipinski definition) is 6. The number of allylic oxidation sites excluding steroid dienone is 6. The van der Waals surface area contributed by atoms with E-state index in [1.54, 1.807) is 0 Å². The molecule has 0 amide bonds. The van der Waals surface area contributed by atoms with Crippen molar-refractivity contribution < 1.29 is 28.6 Å². The van der Waals surface area contributed by atoms with Crippen molar-refractivity contribution in [3.8, 4) is 0 Å². The predicted molar refractivity (Wildman–Crippen MR) is 284 cm³/mol. The van der Waals surface area contributed by atoms with Crippen molar-refractivity contribution in [3.63, 3.8) is 0 Å². The molecule has 0 saturated carbocycles. The molecule has 0 aromatic heterocycles. The number of carbonyl (C=O) groups is 3. The molecule has 66 heavy (non-hydrogen) atoms. The molecule has 0 aromatic rings. The van der Waals surface area contributed by atoms with Crippen LogP contribution >= 0.6 is 0 Å². The van der Waals surface area contributed by atoms with Crippen LogP contribution in [-0.4, -0.2) is 37.2 Å². The van der Waals surface area contributed by atoms with Crippen molar-refractivity contribution in [2.45, 2.75) is 316 Å². The molecule has 0 aromatic carbocycles. The van der Waals surface area contributed by atoms with Crippen LogP contribution < -0.4 is 0 Å². The zero-order chi connectivity index (χ0) is 47.9. The van der Waals surface area contributed by atoms with Gasteiger partial charge in [-0.05, 0) is 96.3 Å². The van der Waals surface area contributed by atoms with Gasteiger partial charge in [-0.15, -0.1) is 0 Å². The highest BCUT2D eigenvalue weighted by Crippen LogP contribution is 2.15. The first-order valence-electron chi connectivity index (χ1n) is 29.0. The number of esters is 3. The average molecular weight is 928 g/mol. The van der Waals surface area contributed by atoms with Crippen LogP contribution in [0.5, 0.6) is 0 Å². The van der Waals surface area contributed by atoms with Gasteiger partial charge in [0.1, 0.15) is 13.2 Å². The van der Waals surface area contributed by atoms with Gasteiger partial charge in [0, 0.05) is 19.3 Å². The molecule has 0 aliphatic carbocycles. The summed E-state index contributed by atoms with van der Waals surface area (Å²) in [6.07, 6.45) is 65.6. The van der Waals surface area contributed by atoms with Crippen LogP contribution in [0.15, 0.2) is 36.5 Å². The third kappa shape index (κ3) is 52.6. The van der Waals surface area contributed by atoms with E-state index in [4.69, 9.17) is 14.2 Å². The molecule has 0 aliphatic rings. The molecule has 0 N–H and O–H groups in total. The zero-order valence-corrected chi connectivity index (χ0v) is 44.2. The third-order valence-electron chi connectivity index (χ3n) is 12.8. The molecule has 0 aliphatic heterocycles. The Morgan fingerprint density at radius 3 is 0.758 bits per heavy atom. The van der Waals surface area contributed by atoms with Gasteiger partial charge in [0.25, 0.3) is 0 Å². The summed E-state index contributed by atoms with van der Waals surface area (Å²) in [6.45, 7) is 6.64. The fraction of sp³-hybridized carbons (Fsp3) is 0.850. The Kier molecular flexibility index (Phi) is 53.2. The minimum absolute atomic E-state index is 0.0803. The lowest BCUT2D eigenvalue weighted by molar-refractivity contribution is -0.167. The molecule has 6 nitrogen and oxygen atoms in total. The molecule has 0 rings (SSSR count). The summed E-state index contributed by atoms with van der Waals surface area (Å²) in [7, 11) is 0. The fourth-order valence-corrected chi connectivity index (χ4v) is 8.43. The molecule has 1 atom stereocenters. The van der Waals surface area contributed by atoms with Crippen molar-refractivity contribution in [2.75, 3.05) is 13.2 Å². The number of ether oxygens (including phenoxy) is 3. The Balaban J connectivity index is 4.37. The molecule has 386 valence electrons. The highest BCUT2D eigenvalue weighted by atomic mass is 16.6. The van der Waals surface area contributed by atoms with Crippen LogP contribution in [0.25, 0.3) is 0 Å². The van der Waals surface area contributed by atoms with Crippen LogP contribution in [0.4, 0.5) is 0 Å².